The van der Waals surface area contributed by atoms with Crippen LogP contribution in [0, 0.1) is 11.6 Å². The van der Waals surface area contributed by atoms with Gasteiger partial charge in [0.05, 0.1) is 15.1 Å². The third-order valence-corrected chi connectivity index (χ3v) is 8.71. The molecule has 0 N–H and O–H groups in total. The van der Waals surface area contributed by atoms with Crippen molar-refractivity contribution >= 4 is 44.7 Å². The highest BCUT2D eigenvalue weighted by atomic mass is 35.5. The van der Waals surface area contributed by atoms with Crippen LogP contribution in [0.2, 0.25) is 5.02 Å². The maximum atomic E-state index is 14.5. The Hall–Kier alpha value is -3.09. The summed E-state index contributed by atoms with van der Waals surface area (Å²) in [7, 11) is 0. The second-order valence-corrected chi connectivity index (χ2v) is 10.9. The molecular weight excluding hydrogens is 512 g/mol. The third-order valence-electron chi connectivity index (χ3n) is 7.03. The van der Waals surface area contributed by atoms with Gasteiger partial charge in [-0.15, -0.1) is 11.3 Å². The van der Waals surface area contributed by atoms with Crippen LogP contribution in [0.4, 0.5) is 8.78 Å². The molecule has 0 bridgehead atoms. The van der Waals surface area contributed by atoms with Crippen LogP contribution in [-0.4, -0.2) is 22.6 Å². The maximum absolute atomic E-state index is 14.5. The number of nitrogens with zero attached hydrogens (tertiary/aromatic N) is 1. The van der Waals surface area contributed by atoms with Crippen molar-refractivity contribution in [1.82, 2.24) is 4.90 Å². The number of hydrogen-bond acceptors (Lipinski definition) is 3. The second kappa shape index (κ2) is 10.7. The lowest BCUT2D eigenvalue weighted by atomic mass is 9.93. The van der Waals surface area contributed by atoms with Crippen molar-refractivity contribution in [1.29, 1.82) is 0 Å². The smallest absolute Gasteiger partial charge is 0.266 e. The molecule has 0 spiro atoms. The minimum atomic E-state index is -0.638. The van der Waals surface area contributed by atoms with Crippen LogP contribution in [0.15, 0.2) is 60.7 Å². The summed E-state index contributed by atoms with van der Waals surface area (Å²) in [5.41, 5.74) is 3.43. The Morgan fingerprint density at radius 1 is 0.946 bits per heavy atom. The van der Waals surface area contributed by atoms with Crippen molar-refractivity contribution in [3.8, 4) is 11.1 Å². The summed E-state index contributed by atoms with van der Waals surface area (Å²) in [6.45, 7) is 1.89. The van der Waals surface area contributed by atoms with Crippen molar-refractivity contribution in [2.75, 3.05) is 0 Å². The van der Waals surface area contributed by atoms with Crippen molar-refractivity contribution in [3.63, 3.8) is 0 Å². The Morgan fingerprint density at radius 2 is 1.62 bits per heavy atom. The quantitative estimate of drug-likeness (QED) is 0.231. The second-order valence-electron chi connectivity index (χ2n) is 9.54. The number of benzene rings is 3. The first-order valence-electron chi connectivity index (χ1n) is 12.4. The number of ketones is 1. The predicted molar refractivity (Wildman–Crippen MR) is 145 cm³/mol. The fourth-order valence-electron chi connectivity index (χ4n) is 5.09. The van der Waals surface area contributed by atoms with E-state index in [0.29, 0.717) is 12.1 Å². The van der Waals surface area contributed by atoms with E-state index in [1.807, 2.05) is 47.4 Å². The SMILES string of the molecule is CC(=O)c1cccc(-c2cccc(CN(C(=O)c3sc4c(F)ccc(F)c4c3Cl)C3CCCCC3)c2)c1. The van der Waals surface area contributed by atoms with E-state index >= 15 is 0 Å². The number of carbonyl (C=O) groups is 2. The molecule has 1 fully saturated rings. The molecule has 37 heavy (non-hydrogen) atoms. The van der Waals surface area contributed by atoms with Gasteiger partial charge >= 0.3 is 0 Å². The van der Waals surface area contributed by atoms with E-state index in [9.17, 15) is 18.4 Å². The normalized spacial score (nSPS) is 14.2. The van der Waals surface area contributed by atoms with Gasteiger partial charge in [-0.3, -0.25) is 9.59 Å². The number of hydrogen-bond donors (Lipinski definition) is 0. The maximum Gasteiger partial charge on any atom is 0.266 e. The number of thiophene rings is 1. The Labute approximate surface area is 223 Å². The summed E-state index contributed by atoms with van der Waals surface area (Å²) in [4.78, 5) is 27.7. The van der Waals surface area contributed by atoms with Gasteiger partial charge in [0.2, 0.25) is 0 Å². The Morgan fingerprint density at radius 3 is 2.32 bits per heavy atom. The Kier molecular flexibility index (Phi) is 7.40. The summed E-state index contributed by atoms with van der Waals surface area (Å²) in [5, 5.41) is -0.0661. The Balaban J connectivity index is 1.51. The molecule has 0 saturated heterocycles. The molecule has 0 atom stereocenters. The first-order valence-corrected chi connectivity index (χ1v) is 13.6. The highest BCUT2D eigenvalue weighted by Gasteiger charge is 2.31. The monoisotopic (exact) mass is 537 g/mol. The summed E-state index contributed by atoms with van der Waals surface area (Å²) in [6, 6.07) is 17.5. The van der Waals surface area contributed by atoms with E-state index in [0.717, 1.165) is 72.3 Å². The van der Waals surface area contributed by atoms with Gasteiger partial charge in [-0.05, 0) is 60.7 Å². The van der Waals surface area contributed by atoms with Crippen molar-refractivity contribution < 1.29 is 18.4 Å². The lowest BCUT2D eigenvalue weighted by Gasteiger charge is -2.34. The van der Waals surface area contributed by atoms with Crippen LogP contribution in [0.3, 0.4) is 0 Å². The average Bonchev–Trinajstić information content (AvgIpc) is 3.28. The van der Waals surface area contributed by atoms with E-state index in [-0.39, 0.29) is 37.7 Å². The fourth-order valence-corrected chi connectivity index (χ4v) is 6.59. The predicted octanol–water partition coefficient (Wildman–Crippen LogP) is 8.68. The molecule has 0 radical (unpaired) electrons. The number of rotatable bonds is 6. The largest absolute Gasteiger partial charge is 0.331 e. The van der Waals surface area contributed by atoms with E-state index in [2.05, 4.69) is 0 Å². The van der Waals surface area contributed by atoms with E-state index < -0.39 is 11.6 Å². The van der Waals surface area contributed by atoms with Crippen LogP contribution in [0.5, 0.6) is 0 Å². The number of amides is 1. The molecule has 0 aliphatic heterocycles. The zero-order chi connectivity index (χ0) is 26.1. The summed E-state index contributed by atoms with van der Waals surface area (Å²) in [5.74, 6) is -1.53. The van der Waals surface area contributed by atoms with Gasteiger partial charge < -0.3 is 4.90 Å². The third kappa shape index (κ3) is 5.18. The number of Topliss-reactive ketones (excluding diaryl/α,β-unsaturated/α-hetero) is 1. The van der Waals surface area contributed by atoms with Gasteiger partial charge in [-0.1, -0.05) is 67.3 Å². The topological polar surface area (TPSA) is 37.4 Å². The van der Waals surface area contributed by atoms with Crippen LogP contribution in [0.1, 0.15) is 64.6 Å². The van der Waals surface area contributed by atoms with Gasteiger partial charge in [-0.2, -0.15) is 0 Å². The molecule has 1 aliphatic carbocycles. The summed E-state index contributed by atoms with van der Waals surface area (Å²) in [6.07, 6.45) is 4.92. The molecule has 1 aromatic heterocycles. The molecule has 0 unspecified atom stereocenters. The fraction of sp³-hybridized carbons (Fsp3) is 0.267. The van der Waals surface area contributed by atoms with E-state index in [1.54, 1.807) is 13.0 Å². The molecule has 4 aromatic rings. The van der Waals surface area contributed by atoms with Crippen molar-refractivity contribution in [3.05, 3.63) is 93.3 Å². The molecule has 1 aliphatic rings. The summed E-state index contributed by atoms with van der Waals surface area (Å²) < 4.78 is 29.0. The molecule has 3 nitrogen and oxygen atoms in total. The molecule has 1 amide bonds. The van der Waals surface area contributed by atoms with Crippen molar-refractivity contribution in [2.45, 2.75) is 51.6 Å². The van der Waals surface area contributed by atoms with Crippen molar-refractivity contribution in [2.24, 2.45) is 0 Å². The molecule has 3 aromatic carbocycles. The minimum Gasteiger partial charge on any atom is -0.331 e. The molecule has 5 rings (SSSR count). The number of carbonyl (C=O) groups excluding carboxylic acids is 2. The van der Waals surface area contributed by atoms with Crippen LogP contribution in [0.25, 0.3) is 21.2 Å². The molecular formula is C30H26ClF2NO2S. The minimum absolute atomic E-state index is 0.000150. The molecule has 7 heteroatoms. The summed E-state index contributed by atoms with van der Waals surface area (Å²) >= 11 is 7.40. The number of halogens is 3. The molecule has 1 saturated carbocycles. The lowest BCUT2D eigenvalue weighted by Crippen LogP contribution is -2.40. The standard InChI is InChI=1S/C30H26ClF2NO2S/c1-18(35)20-8-6-10-22(16-20)21-9-5-7-19(15-21)17-34(23-11-3-2-4-12-23)30(36)29-27(31)26-24(32)13-14-25(33)28(26)37-29/h5-10,13-16,23H,2-4,11-12,17H2,1H3. The van der Waals surface area contributed by atoms with Crippen LogP contribution >= 0.6 is 22.9 Å². The number of fused-ring (bicyclic) bond motifs is 1. The van der Waals surface area contributed by atoms with Gasteiger partial charge in [0.15, 0.2) is 5.78 Å². The van der Waals surface area contributed by atoms with Crippen LogP contribution < -0.4 is 0 Å². The first-order chi connectivity index (χ1) is 17.8. The van der Waals surface area contributed by atoms with Gasteiger partial charge in [0, 0.05) is 18.2 Å². The van der Waals surface area contributed by atoms with E-state index in [1.165, 1.54) is 0 Å². The average molecular weight is 538 g/mol. The van der Waals surface area contributed by atoms with Gasteiger partial charge in [0.25, 0.3) is 5.91 Å². The zero-order valence-corrected chi connectivity index (χ0v) is 22.0. The van der Waals surface area contributed by atoms with Crippen LogP contribution in [-0.2, 0) is 6.54 Å². The first kappa shape index (κ1) is 25.6. The highest BCUT2D eigenvalue weighted by Crippen LogP contribution is 2.40. The Bertz CT molecular complexity index is 1490. The van der Waals surface area contributed by atoms with E-state index in [4.69, 9.17) is 11.6 Å². The molecule has 190 valence electrons. The lowest BCUT2D eigenvalue weighted by molar-refractivity contribution is 0.0619. The van der Waals surface area contributed by atoms with Gasteiger partial charge in [-0.25, -0.2) is 8.78 Å². The van der Waals surface area contributed by atoms with Gasteiger partial charge in [0.1, 0.15) is 16.5 Å². The molecule has 1 heterocycles. The zero-order valence-electron chi connectivity index (χ0n) is 20.4. The highest BCUT2D eigenvalue weighted by molar-refractivity contribution is 7.21.